The Morgan fingerprint density at radius 1 is 1.11 bits per heavy atom. The van der Waals surface area contributed by atoms with Gasteiger partial charge in [0.1, 0.15) is 23.8 Å². The van der Waals surface area contributed by atoms with Gasteiger partial charge in [-0.05, 0) is 41.8 Å². The summed E-state index contributed by atoms with van der Waals surface area (Å²) >= 11 is 5.97. The fourth-order valence-electron chi connectivity index (χ4n) is 3.68. The highest BCUT2D eigenvalue weighted by molar-refractivity contribution is 6.29. The lowest BCUT2D eigenvalue weighted by molar-refractivity contribution is -0.0503. The first kappa shape index (κ1) is 24.9. The molecule has 0 bridgehead atoms. The molecule has 2 aromatic heterocycles. The molecule has 0 saturated heterocycles. The number of hydrogen-bond donors (Lipinski definition) is 2. The molecule has 1 atom stereocenters. The Morgan fingerprint density at radius 2 is 1.92 bits per heavy atom. The number of alkyl halides is 2. The summed E-state index contributed by atoms with van der Waals surface area (Å²) in [4.78, 5) is 16.5. The molecule has 12 heteroatoms. The van der Waals surface area contributed by atoms with Crippen LogP contribution in [-0.2, 0) is 10.3 Å². The summed E-state index contributed by atoms with van der Waals surface area (Å²) in [6, 6.07) is 12.7. The third-order valence-electron chi connectivity index (χ3n) is 5.29. The number of ether oxygens (including phenoxy) is 2. The van der Waals surface area contributed by atoms with Gasteiger partial charge in [-0.2, -0.15) is 8.78 Å². The molecule has 0 spiro atoms. The van der Waals surface area contributed by atoms with Crippen LogP contribution in [0.4, 0.5) is 14.8 Å². The van der Waals surface area contributed by atoms with Crippen LogP contribution in [0.3, 0.4) is 0 Å². The van der Waals surface area contributed by atoms with Gasteiger partial charge in [0.15, 0.2) is 5.54 Å². The highest BCUT2D eigenvalue weighted by Gasteiger charge is 2.40. The Kier molecular flexibility index (Phi) is 7.30. The topological polar surface area (TPSA) is 135 Å². The van der Waals surface area contributed by atoms with Gasteiger partial charge in [-0.15, -0.1) is 0 Å². The summed E-state index contributed by atoms with van der Waals surface area (Å²) in [5.74, 6) is 0.0997. The van der Waals surface area contributed by atoms with Crippen molar-refractivity contribution in [3.05, 3.63) is 89.2 Å². The second-order valence-electron chi connectivity index (χ2n) is 7.64. The summed E-state index contributed by atoms with van der Waals surface area (Å²) in [5.41, 5.74) is 13.4. The second kappa shape index (κ2) is 10.6. The average molecular weight is 515 g/mol. The highest BCUT2D eigenvalue weighted by Crippen LogP contribution is 2.40. The van der Waals surface area contributed by atoms with Crippen LogP contribution in [0.2, 0.25) is 5.15 Å². The fourth-order valence-corrected chi connectivity index (χ4v) is 3.83. The Morgan fingerprint density at radius 3 is 2.50 bits per heavy atom. The molecule has 0 amide bonds. The average Bonchev–Trinajstić information content (AvgIpc) is 3.50. The van der Waals surface area contributed by atoms with Crippen LogP contribution < -0.4 is 16.2 Å². The monoisotopic (exact) mass is 514 g/mol. The predicted octanol–water partition coefficient (Wildman–Crippen LogP) is 4.55. The van der Waals surface area contributed by atoms with Gasteiger partial charge in [-0.25, -0.2) is 15.0 Å². The van der Waals surface area contributed by atoms with E-state index >= 15 is 0 Å². The Balaban J connectivity index is 0.000000445. The van der Waals surface area contributed by atoms with Crippen LogP contribution in [0.1, 0.15) is 16.7 Å². The van der Waals surface area contributed by atoms with Crippen LogP contribution in [0, 0.1) is 6.92 Å². The normalized spacial score (nSPS) is 16.6. The molecular formula is C24H21ClF2N6O3. The standard InChI is InChI=1S/C21H17ClF2N4O2.C3H4N2O/c1-12-7-15(5-6-17(12)30-19(23)24)21(11-29-20(25)28-21)14-4-2-3-13(8-14)16-9-26-10-18(22)27-16;4-3-5-1-2-6-3/h2-10,19H,11H2,1H3,(H2,25,28);1-2H,(H2,4,5). The lowest BCUT2D eigenvalue weighted by atomic mass is 9.83. The number of oxazole rings is 1. The van der Waals surface area contributed by atoms with E-state index in [1.54, 1.807) is 25.3 Å². The maximum absolute atomic E-state index is 12.6. The van der Waals surface area contributed by atoms with E-state index in [0.717, 1.165) is 16.7 Å². The van der Waals surface area contributed by atoms with Gasteiger partial charge >= 0.3 is 6.61 Å². The SMILES string of the molecule is Cc1cc(C2(c3cccc(-c4cncc(Cl)n4)c3)COC(N)=N2)ccc1OC(F)F.Nc1ncco1. The third-order valence-corrected chi connectivity index (χ3v) is 5.47. The second-order valence-corrected chi connectivity index (χ2v) is 8.02. The number of nitrogens with two attached hydrogens (primary N) is 2. The zero-order valence-corrected chi connectivity index (χ0v) is 19.7. The van der Waals surface area contributed by atoms with Crippen LogP contribution in [0.25, 0.3) is 11.3 Å². The number of anilines is 1. The van der Waals surface area contributed by atoms with Crippen molar-refractivity contribution in [3.8, 4) is 17.0 Å². The van der Waals surface area contributed by atoms with E-state index in [1.807, 2.05) is 24.3 Å². The van der Waals surface area contributed by atoms with Gasteiger partial charge in [-0.1, -0.05) is 35.9 Å². The van der Waals surface area contributed by atoms with E-state index < -0.39 is 12.2 Å². The molecule has 2 aromatic carbocycles. The van der Waals surface area contributed by atoms with Crippen molar-refractivity contribution in [1.82, 2.24) is 15.0 Å². The lowest BCUT2D eigenvalue weighted by Crippen LogP contribution is -2.27. The van der Waals surface area contributed by atoms with Crippen molar-refractivity contribution in [2.45, 2.75) is 19.1 Å². The lowest BCUT2D eigenvalue weighted by Gasteiger charge is -2.26. The molecule has 186 valence electrons. The number of hydrogen-bond acceptors (Lipinski definition) is 9. The van der Waals surface area contributed by atoms with Gasteiger partial charge < -0.3 is 25.4 Å². The van der Waals surface area contributed by atoms with Crippen molar-refractivity contribution >= 4 is 23.6 Å². The van der Waals surface area contributed by atoms with Crippen molar-refractivity contribution in [2.75, 3.05) is 12.3 Å². The maximum Gasteiger partial charge on any atom is 0.387 e. The maximum atomic E-state index is 12.6. The van der Waals surface area contributed by atoms with Crippen LogP contribution in [0.5, 0.6) is 5.75 Å². The van der Waals surface area contributed by atoms with Crippen molar-refractivity contribution in [2.24, 2.45) is 10.7 Å². The molecular weight excluding hydrogens is 494 g/mol. The van der Waals surface area contributed by atoms with E-state index in [1.165, 1.54) is 24.7 Å². The molecule has 1 aliphatic heterocycles. The molecule has 0 fully saturated rings. The predicted molar refractivity (Wildman–Crippen MR) is 130 cm³/mol. The van der Waals surface area contributed by atoms with E-state index in [0.29, 0.717) is 11.3 Å². The third kappa shape index (κ3) is 5.52. The number of aliphatic imine (C=N–C) groups is 1. The Bertz CT molecular complexity index is 1370. The minimum Gasteiger partial charge on any atom is -0.462 e. The van der Waals surface area contributed by atoms with Crippen LogP contribution >= 0.6 is 11.6 Å². The molecule has 36 heavy (non-hydrogen) atoms. The molecule has 0 aliphatic carbocycles. The summed E-state index contributed by atoms with van der Waals surface area (Å²) in [6.07, 6.45) is 5.99. The first-order valence-electron chi connectivity index (χ1n) is 10.5. The van der Waals surface area contributed by atoms with E-state index in [-0.39, 0.29) is 29.5 Å². The molecule has 9 nitrogen and oxygen atoms in total. The van der Waals surface area contributed by atoms with Gasteiger partial charge in [0.25, 0.3) is 12.0 Å². The number of aryl methyl sites for hydroxylation is 1. The van der Waals surface area contributed by atoms with E-state index in [4.69, 9.17) is 27.8 Å². The number of rotatable bonds is 5. The molecule has 4 aromatic rings. The van der Waals surface area contributed by atoms with Crippen LogP contribution in [-0.4, -0.2) is 34.2 Å². The Labute approximate surface area is 209 Å². The number of nitrogen functional groups attached to an aromatic ring is 1. The zero-order valence-electron chi connectivity index (χ0n) is 18.9. The number of benzene rings is 2. The van der Waals surface area contributed by atoms with Gasteiger partial charge in [-0.3, -0.25) is 4.98 Å². The minimum atomic E-state index is -2.90. The molecule has 0 radical (unpaired) electrons. The van der Waals surface area contributed by atoms with E-state index in [2.05, 4.69) is 29.1 Å². The number of halogens is 3. The van der Waals surface area contributed by atoms with Gasteiger partial charge in [0.2, 0.25) is 0 Å². The quantitative estimate of drug-likeness (QED) is 0.396. The smallest absolute Gasteiger partial charge is 0.387 e. The number of aromatic nitrogens is 3. The fraction of sp³-hybridized carbons (Fsp3) is 0.167. The first-order valence-corrected chi connectivity index (χ1v) is 10.9. The van der Waals surface area contributed by atoms with Crippen molar-refractivity contribution in [3.63, 3.8) is 0 Å². The molecule has 5 rings (SSSR count). The largest absolute Gasteiger partial charge is 0.462 e. The molecule has 1 aliphatic rings. The summed E-state index contributed by atoms with van der Waals surface area (Å²) in [6.45, 7) is -1.05. The molecule has 1 unspecified atom stereocenters. The Hall–Kier alpha value is -4.25. The van der Waals surface area contributed by atoms with Crippen molar-refractivity contribution in [1.29, 1.82) is 0 Å². The molecule has 0 saturated carbocycles. The van der Waals surface area contributed by atoms with Crippen LogP contribution in [0.15, 0.2) is 76.7 Å². The van der Waals surface area contributed by atoms with E-state index in [9.17, 15) is 8.78 Å². The molecule has 4 N–H and O–H groups in total. The molecule has 3 heterocycles. The van der Waals surface area contributed by atoms with Gasteiger partial charge in [0.05, 0.1) is 24.3 Å². The van der Waals surface area contributed by atoms with Gasteiger partial charge in [0, 0.05) is 5.56 Å². The summed E-state index contributed by atoms with van der Waals surface area (Å²) in [7, 11) is 0. The summed E-state index contributed by atoms with van der Waals surface area (Å²) in [5, 5.41) is 0.282. The number of nitrogens with zero attached hydrogens (tertiary/aromatic N) is 4. The zero-order chi connectivity index (χ0) is 25.7. The summed E-state index contributed by atoms with van der Waals surface area (Å²) < 4.78 is 39.8. The van der Waals surface area contributed by atoms with Crippen molar-refractivity contribution < 1.29 is 22.7 Å². The first-order chi connectivity index (χ1) is 17.3. The highest BCUT2D eigenvalue weighted by atomic mass is 35.5. The number of amidine groups is 1. The minimum absolute atomic E-state index is 0.0495.